The van der Waals surface area contributed by atoms with Crippen molar-refractivity contribution >= 4 is 27.0 Å². The summed E-state index contributed by atoms with van der Waals surface area (Å²) in [4.78, 5) is 12.1. The van der Waals surface area contributed by atoms with Crippen molar-refractivity contribution in [1.29, 1.82) is 0 Å². The molecule has 0 fully saturated rings. The number of carbonyl (C=O) groups is 1. The van der Waals surface area contributed by atoms with Gasteiger partial charge in [0.15, 0.2) is 5.82 Å². The van der Waals surface area contributed by atoms with E-state index in [1.807, 2.05) is 19.1 Å². The van der Waals surface area contributed by atoms with Crippen LogP contribution < -0.4 is 4.74 Å². The number of nitrogens with zero attached hydrogens (tertiary/aromatic N) is 4. The van der Waals surface area contributed by atoms with Crippen molar-refractivity contribution in [2.45, 2.75) is 56.1 Å². The fraction of sp³-hybridized carbons (Fsp3) is 0.345. The first kappa shape index (κ1) is 26.4. The van der Waals surface area contributed by atoms with E-state index >= 15 is 4.39 Å². The lowest BCUT2D eigenvalue weighted by Crippen LogP contribution is -2.35. The van der Waals surface area contributed by atoms with E-state index in [0.29, 0.717) is 16.8 Å². The number of aliphatic carboxylic acids is 1. The number of hydrogen-bond acceptors (Lipinski definition) is 6. The standard InChI is InChI=1S/C29H29FN4O5S/c1-17-15-34(40(37,38)26-9-4-3-8-25(26)39-17)16-20-13-19(12-18-6-5-7-21(18)20)23(14-27(35)36)22-10-11-24-29(28(22)30)31-32-33(24)2/h3-4,8-13,17,23H,5-7,14-16H2,1-2H3,(H,35,36)/t17-,23?/m1/s1. The second-order valence-corrected chi connectivity index (χ2v) is 12.5. The molecule has 1 aliphatic heterocycles. The monoisotopic (exact) mass is 564 g/mol. The molecule has 11 heteroatoms. The molecule has 1 aromatic heterocycles. The molecule has 2 heterocycles. The average molecular weight is 565 g/mol. The van der Waals surface area contributed by atoms with Gasteiger partial charge in [0.2, 0.25) is 10.0 Å². The summed E-state index contributed by atoms with van der Waals surface area (Å²) in [6.07, 6.45) is 1.79. The first-order valence-corrected chi connectivity index (χ1v) is 14.7. The van der Waals surface area contributed by atoms with Crippen molar-refractivity contribution in [3.8, 4) is 5.75 Å². The number of para-hydroxylation sites is 1. The maximum absolute atomic E-state index is 15.7. The van der Waals surface area contributed by atoms with Gasteiger partial charge in [-0.2, -0.15) is 4.31 Å². The molecule has 208 valence electrons. The maximum atomic E-state index is 15.7. The van der Waals surface area contributed by atoms with Gasteiger partial charge in [0.25, 0.3) is 0 Å². The molecule has 0 spiro atoms. The van der Waals surface area contributed by atoms with Crippen LogP contribution in [0.4, 0.5) is 4.39 Å². The molecular weight excluding hydrogens is 535 g/mol. The molecular formula is C29H29FN4O5S. The van der Waals surface area contributed by atoms with E-state index in [9.17, 15) is 18.3 Å². The van der Waals surface area contributed by atoms with Gasteiger partial charge in [-0.1, -0.05) is 35.5 Å². The molecule has 0 bridgehead atoms. The van der Waals surface area contributed by atoms with Gasteiger partial charge in [0.1, 0.15) is 22.3 Å². The highest BCUT2D eigenvalue weighted by Gasteiger charge is 2.35. The number of benzene rings is 3. The Morgan fingerprint density at radius 3 is 2.80 bits per heavy atom. The molecule has 2 atom stereocenters. The van der Waals surface area contributed by atoms with Gasteiger partial charge >= 0.3 is 5.97 Å². The molecule has 3 aromatic carbocycles. The van der Waals surface area contributed by atoms with Crippen molar-refractivity contribution in [3.63, 3.8) is 0 Å². The lowest BCUT2D eigenvalue weighted by Gasteiger charge is -2.25. The Balaban J connectivity index is 1.45. The number of carboxylic acid groups (broad SMARTS) is 1. The summed E-state index contributed by atoms with van der Waals surface area (Å²) in [6.45, 7) is 2.10. The fourth-order valence-corrected chi connectivity index (χ4v) is 7.60. The number of sulfonamides is 1. The normalized spacial score (nSPS) is 19.0. The summed E-state index contributed by atoms with van der Waals surface area (Å²) < 4.78 is 52.0. The zero-order valence-corrected chi connectivity index (χ0v) is 23.0. The van der Waals surface area contributed by atoms with Gasteiger partial charge in [-0.15, -0.1) is 5.10 Å². The van der Waals surface area contributed by atoms with Crippen LogP contribution in [-0.2, 0) is 41.3 Å². The number of hydrogen-bond donors (Lipinski definition) is 1. The first-order valence-electron chi connectivity index (χ1n) is 13.2. The molecule has 2 aliphatic rings. The van der Waals surface area contributed by atoms with E-state index < -0.39 is 27.7 Å². The van der Waals surface area contributed by atoms with Crippen LogP contribution in [0.15, 0.2) is 53.4 Å². The van der Waals surface area contributed by atoms with Crippen molar-refractivity contribution < 1.29 is 27.4 Å². The summed E-state index contributed by atoms with van der Waals surface area (Å²) in [6, 6.07) is 13.7. The SMILES string of the molecule is C[C@@H]1CN(Cc2cc(C(CC(=O)O)c3ccc4c(nnn4C)c3F)cc3c2CCC3)S(=O)(=O)c2ccccc2O1. The Morgan fingerprint density at radius 1 is 1.20 bits per heavy atom. The van der Waals surface area contributed by atoms with Crippen LogP contribution in [0, 0.1) is 5.82 Å². The van der Waals surface area contributed by atoms with Gasteiger partial charge in [-0.05, 0) is 72.2 Å². The van der Waals surface area contributed by atoms with Gasteiger partial charge in [-0.3, -0.25) is 4.79 Å². The lowest BCUT2D eigenvalue weighted by molar-refractivity contribution is -0.137. The quantitative estimate of drug-likeness (QED) is 0.374. The lowest BCUT2D eigenvalue weighted by atomic mass is 9.85. The fourth-order valence-electron chi connectivity index (χ4n) is 5.98. The zero-order chi connectivity index (χ0) is 28.2. The topological polar surface area (TPSA) is 115 Å². The Kier molecular flexibility index (Phi) is 6.58. The van der Waals surface area contributed by atoms with Crippen LogP contribution in [0.3, 0.4) is 0 Å². The van der Waals surface area contributed by atoms with Gasteiger partial charge < -0.3 is 9.84 Å². The maximum Gasteiger partial charge on any atom is 0.304 e. The van der Waals surface area contributed by atoms with E-state index in [2.05, 4.69) is 10.3 Å². The Morgan fingerprint density at radius 2 is 2.00 bits per heavy atom. The minimum absolute atomic E-state index is 0.0834. The number of carboxylic acids is 1. The van der Waals surface area contributed by atoms with Crippen molar-refractivity contribution in [2.75, 3.05) is 6.54 Å². The van der Waals surface area contributed by atoms with Crippen LogP contribution in [0.5, 0.6) is 5.75 Å². The molecule has 0 radical (unpaired) electrons. The van der Waals surface area contributed by atoms with Gasteiger partial charge in [0, 0.05) is 19.5 Å². The Bertz CT molecular complexity index is 1750. The average Bonchev–Trinajstić information content (AvgIpc) is 3.52. The van der Waals surface area contributed by atoms with Crippen LogP contribution in [-0.4, -0.2) is 51.4 Å². The summed E-state index contributed by atoms with van der Waals surface area (Å²) in [7, 11) is -2.20. The molecule has 4 aromatic rings. The van der Waals surface area contributed by atoms with Crippen molar-refractivity contribution in [3.05, 3.63) is 82.2 Å². The highest BCUT2D eigenvalue weighted by molar-refractivity contribution is 7.89. The summed E-state index contributed by atoms with van der Waals surface area (Å²) in [5.74, 6) is -2.13. The molecule has 6 rings (SSSR count). The van der Waals surface area contributed by atoms with E-state index in [0.717, 1.165) is 36.0 Å². The summed E-state index contributed by atoms with van der Waals surface area (Å²) >= 11 is 0. The second-order valence-electron chi connectivity index (χ2n) is 10.5. The third-order valence-electron chi connectivity index (χ3n) is 7.84. The van der Waals surface area contributed by atoms with E-state index in [1.165, 1.54) is 8.99 Å². The van der Waals surface area contributed by atoms with Crippen LogP contribution in [0.2, 0.25) is 0 Å². The third-order valence-corrected chi connectivity index (χ3v) is 9.69. The number of fused-ring (bicyclic) bond motifs is 3. The Hall–Kier alpha value is -3.83. The number of ether oxygens (including phenoxy) is 1. The van der Waals surface area contributed by atoms with Gasteiger partial charge in [0.05, 0.1) is 18.5 Å². The molecule has 1 aliphatic carbocycles. The molecule has 1 unspecified atom stereocenters. The molecule has 0 saturated carbocycles. The molecule has 0 saturated heterocycles. The smallest absolute Gasteiger partial charge is 0.304 e. The molecule has 1 N–H and O–H groups in total. The number of aromatic nitrogens is 3. The number of aryl methyl sites for hydroxylation is 2. The largest absolute Gasteiger partial charge is 0.488 e. The van der Waals surface area contributed by atoms with Gasteiger partial charge in [-0.25, -0.2) is 17.5 Å². The molecule has 0 amide bonds. The summed E-state index contributed by atoms with van der Waals surface area (Å²) in [5, 5.41) is 17.6. The first-order chi connectivity index (χ1) is 19.1. The number of rotatable bonds is 6. The van der Waals surface area contributed by atoms with Crippen LogP contribution in [0.25, 0.3) is 11.0 Å². The van der Waals surface area contributed by atoms with E-state index in [-0.39, 0.29) is 41.6 Å². The minimum atomic E-state index is -3.86. The predicted molar refractivity (Wildman–Crippen MR) is 145 cm³/mol. The predicted octanol–water partition coefficient (Wildman–Crippen LogP) is 4.17. The van der Waals surface area contributed by atoms with Crippen LogP contribution >= 0.6 is 0 Å². The minimum Gasteiger partial charge on any atom is -0.488 e. The molecule has 40 heavy (non-hydrogen) atoms. The van der Waals surface area contributed by atoms with Crippen molar-refractivity contribution in [2.24, 2.45) is 7.05 Å². The Labute approximate surface area is 231 Å². The second kappa shape index (κ2) is 9.97. The van der Waals surface area contributed by atoms with E-state index in [4.69, 9.17) is 4.74 Å². The van der Waals surface area contributed by atoms with E-state index in [1.54, 1.807) is 43.4 Å². The molecule has 9 nitrogen and oxygen atoms in total. The highest BCUT2D eigenvalue weighted by Crippen LogP contribution is 2.38. The summed E-state index contributed by atoms with van der Waals surface area (Å²) in [5.41, 5.74) is 4.36. The zero-order valence-electron chi connectivity index (χ0n) is 22.2. The number of halogens is 1. The van der Waals surface area contributed by atoms with Crippen molar-refractivity contribution in [1.82, 2.24) is 19.3 Å². The third kappa shape index (κ3) is 4.52. The highest BCUT2D eigenvalue weighted by atomic mass is 32.2. The van der Waals surface area contributed by atoms with Crippen LogP contribution in [0.1, 0.15) is 53.5 Å².